The Morgan fingerprint density at radius 3 is 2.40 bits per heavy atom. The third-order valence-corrected chi connectivity index (χ3v) is 2.42. The second-order valence-corrected chi connectivity index (χ2v) is 3.50. The zero-order valence-electron chi connectivity index (χ0n) is 8.33. The highest BCUT2D eigenvalue weighted by Gasteiger charge is 2.22. The Morgan fingerprint density at radius 2 is 1.80 bits per heavy atom. The van der Waals surface area contributed by atoms with E-state index in [1.165, 1.54) is 4.48 Å². The zero-order chi connectivity index (χ0) is 11.0. The van der Waals surface area contributed by atoms with Crippen molar-refractivity contribution < 1.29 is 15.1 Å². The minimum Gasteiger partial charge on any atom is -0.432 e. The first-order chi connectivity index (χ1) is 7.11. The van der Waals surface area contributed by atoms with E-state index in [0.29, 0.717) is 5.59 Å². The highest BCUT2D eigenvalue weighted by Crippen LogP contribution is 2.13. The fourth-order valence-electron chi connectivity index (χ4n) is 1.81. The predicted molar refractivity (Wildman–Crippen MR) is 61.0 cm³/mol. The summed E-state index contributed by atoms with van der Waals surface area (Å²) in [7, 11) is -2.37. The summed E-state index contributed by atoms with van der Waals surface area (Å²) < 4.78 is 1.50. The maximum absolute atomic E-state index is 9.58. The monoisotopic (exact) mass is 203 g/mol. The molecule has 1 aromatic carbocycles. The van der Waals surface area contributed by atoms with Crippen LogP contribution >= 0.6 is 0 Å². The standard InChI is InChI=1S/C9H11B2NO3/c1-10(13)12-8-5-3-2-4-7(8)6-9(12)11(14)15/h2-6,13-15H,1H3. The van der Waals surface area contributed by atoms with Gasteiger partial charge in [0, 0.05) is 11.1 Å². The number of rotatable bonds is 2. The van der Waals surface area contributed by atoms with Crippen LogP contribution in [-0.2, 0) is 0 Å². The van der Waals surface area contributed by atoms with E-state index in [0.717, 1.165) is 10.9 Å². The van der Waals surface area contributed by atoms with Crippen molar-refractivity contribution in [3.8, 4) is 0 Å². The van der Waals surface area contributed by atoms with Crippen LogP contribution in [-0.4, -0.2) is 33.7 Å². The molecule has 0 aliphatic carbocycles. The van der Waals surface area contributed by atoms with E-state index in [9.17, 15) is 15.1 Å². The Bertz CT molecular complexity index is 481. The molecule has 0 aliphatic rings. The Hall–Kier alpha value is -1.23. The number of hydrogen-bond acceptors (Lipinski definition) is 3. The van der Waals surface area contributed by atoms with Crippen molar-refractivity contribution in [2.45, 2.75) is 6.82 Å². The Labute approximate surface area is 88.1 Å². The van der Waals surface area contributed by atoms with Gasteiger partial charge in [-0.1, -0.05) is 18.2 Å². The van der Waals surface area contributed by atoms with Gasteiger partial charge in [0.15, 0.2) is 0 Å². The van der Waals surface area contributed by atoms with Crippen LogP contribution in [0.25, 0.3) is 10.9 Å². The van der Waals surface area contributed by atoms with Crippen molar-refractivity contribution in [1.82, 2.24) is 4.48 Å². The number of fused-ring (bicyclic) bond motifs is 1. The number of nitrogens with zero attached hydrogens (tertiary/aromatic N) is 1. The SMILES string of the molecule is CB(O)n1c(B(O)O)cc2ccccc21. The normalized spacial score (nSPS) is 10.7. The summed E-state index contributed by atoms with van der Waals surface area (Å²) in [4.78, 5) is 0. The van der Waals surface area contributed by atoms with Gasteiger partial charge in [0.25, 0.3) is 0 Å². The molecule has 0 aliphatic heterocycles. The third kappa shape index (κ3) is 1.67. The van der Waals surface area contributed by atoms with E-state index in [4.69, 9.17) is 0 Å². The van der Waals surface area contributed by atoms with E-state index in [1.54, 1.807) is 12.9 Å². The second-order valence-electron chi connectivity index (χ2n) is 3.50. The predicted octanol–water partition coefficient (Wildman–Crippen LogP) is -0.721. The molecular weight excluding hydrogens is 192 g/mol. The van der Waals surface area contributed by atoms with E-state index < -0.39 is 14.2 Å². The average Bonchev–Trinajstić information content (AvgIpc) is 2.56. The molecule has 1 aromatic heterocycles. The molecule has 1 heterocycles. The lowest BCUT2D eigenvalue weighted by atomic mass is 9.79. The zero-order valence-corrected chi connectivity index (χ0v) is 8.33. The van der Waals surface area contributed by atoms with E-state index in [-0.39, 0.29) is 0 Å². The molecule has 76 valence electrons. The molecule has 0 saturated heterocycles. The van der Waals surface area contributed by atoms with Crippen LogP contribution in [0.5, 0.6) is 0 Å². The van der Waals surface area contributed by atoms with Crippen LogP contribution in [0.3, 0.4) is 0 Å². The van der Waals surface area contributed by atoms with Crippen molar-refractivity contribution in [2.75, 3.05) is 0 Å². The Balaban J connectivity index is 2.75. The summed E-state index contributed by atoms with van der Waals surface area (Å²) in [5, 5.41) is 28.8. The molecule has 6 heteroatoms. The Kier molecular flexibility index (Phi) is 2.56. The minimum absolute atomic E-state index is 0.297. The van der Waals surface area contributed by atoms with Crippen molar-refractivity contribution >= 4 is 30.7 Å². The average molecular weight is 203 g/mol. The minimum atomic E-state index is -1.58. The van der Waals surface area contributed by atoms with Crippen molar-refractivity contribution in [3.05, 3.63) is 30.3 Å². The maximum atomic E-state index is 9.58. The van der Waals surface area contributed by atoms with Crippen molar-refractivity contribution in [1.29, 1.82) is 0 Å². The van der Waals surface area contributed by atoms with Crippen LogP contribution in [0.1, 0.15) is 0 Å². The van der Waals surface area contributed by atoms with Crippen molar-refractivity contribution in [2.24, 2.45) is 0 Å². The molecule has 2 rings (SSSR count). The van der Waals surface area contributed by atoms with Gasteiger partial charge in [-0.2, -0.15) is 0 Å². The van der Waals surface area contributed by atoms with Crippen molar-refractivity contribution in [3.63, 3.8) is 0 Å². The molecule has 0 radical (unpaired) electrons. The van der Waals surface area contributed by atoms with E-state index in [2.05, 4.69) is 0 Å². The number of hydrogen-bond donors (Lipinski definition) is 3. The first-order valence-electron chi connectivity index (χ1n) is 4.75. The molecule has 4 nitrogen and oxygen atoms in total. The van der Waals surface area contributed by atoms with Gasteiger partial charge in [0.05, 0.1) is 0 Å². The summed E-state index contributed by atoms with van der Waals surface area (Å²) in [5.74, 6) is 0. The topological polar surface area (TPSA) is 65.6 Å². The second kappa shape index (κ2) is 3.73. The van der Waals surface area contributed by atoms with Gasteiger partial charge in [-0.3, -0.25) is 0 Å². The Morgan fingerprint density at radius 1 is 1.13 bits per heavy atom. The van der Waals surface area contributed by atoms with Gasteiger partial charge in [-0.15, -0.1) is 0 Å². The van der Waals surface area contributed by atoms with E-state index in [1.807, 2.05) is 24.3 Å². The van der Waals surface area contributed by atoms with Gasteiger partial charge < -0.3 is 19.6 Å². The summed E-state index contributed by atoms with van der Waals surface area (Å²) in [6.07, 6.45) is 0. The number of benzene rings is 1. The highest BCUT2D eigenvalue weighted by molar-refractivity contribution is 6.62. The van der Waals surface area contributed by atoms with Gasteiger partial charge in [0.2, 0.25) is 0 Å². The van der Waals surface area contributed by atoms with Gasteiger partial charge in [0.1, 0.15) is 0 Å². The molecular formula is C9H11B2NO3. The fraction of sp³-hybridized carbons (Fsp3) is 0.111. The summed E-state index contributed by atoms with van der Waals surface area (Å²) >= 11 is 0. The molecule has 0 atom stereocenters. The lowest BCUT2D eigenvalue weighted by Gasteiger charge is -2.09. The first-order valence-corrected chi connectivity index (χ1v) is 4.75. The van der Waals surface area contributed by atoms with Crippen LogP contribution in [0.15, 0.2) is 30.3 Å². The molecule has 0 amide bonds. The molecule has 0 saturated carbocycles. The third-order valence-electron chi connectivity index (χ3n) is 2.42. The molecule has 3 N–H and O–H groups in total. The summed E-state index contributed by atoms with van der Waals surface area (Å²) in [5.41, 5.74) is 1.09. The van der Waals surface area contributed by atoms with Gasteiger partial charge in [-0.05, 0) is 24.3 Å². The fourth-order valence-corrected chi connectivity index (χ4v) is 1.81. The van der Waals surface area contributed by atoms with Crippen LogP contribution in [0.2, 0.25) is 6.82 Å². The first kappa shape index (κ1) is 10.3. The van der Waals surface area contributed by atoms with Gasteiger partial charge >= 0.3 is 14.2 Å². The maximum Gasteiger partial charge on any atom is 0.504 e. The van der Waals surface area contributed by atoms with Crippen LogP contribution in [0.4, 0.5) is 0 Å². The molecule has 15 heavy (non-hydrogen) atoms. The van der Waals surface area contributed by atoms with Gasteiger partial charge in [-0.25, -0.2) is 0 Å². The lowest BCUT2D eigenvalue weighted by Crippen LogP contribution is -2.41. The number of aromatic nitrogens is 1. The molecule has 0 unspecified atom stereocenters. The summed E-state index contributed by atoms with van der Waals surface area (Å²) in [6.45, 7) is 1.58. The summed E-state index contributed by atoms with van der Waals surface area (Å²) in [6, 6.07) is 9.05. The number of para-hydroxylation sites is 1. The lowest BCUT2D eigenvalue weighted by molar-refractivity contribution is 0.423. The highest BCUT2D eigenvalue weighted by atomic mass is 16.4. The molecule has 2 aromatic rings. The molecule has 0 spiro atoms. The van der Waals surface area contributed by atoms with Crippen LogP contribution < -0.4 is 5.59 Å². The van der Waals surface area contributed by atoms with E-state index >= 15 is 0 Å². The molecule has 0 fully saturated rings. The molecule has 0 bridgehead atoms. The van der Waals surface area contributed by atoms with Crippen LogP contribution in [0, 0.1) is 0 Å². The quantitative estimate of drug-likeness (QED) is 0.564. The largest absolute Gasteiger partial charge is 0.504 e. The smallest absolute Gasteiger partial charge is 0.432 e.